The molecule has 34 heavy (non-hydrogen) atoms. The van der Waals surface area contributed by atoms with Crippen LogP contribution in [-0.2, 0) is 26.2 Å². The van der Waals surface area contributed by atoms with Crippen LogP contribution < -0.4 is 4.90 Å². The smallest absolute Gasteiger partial charge is 0.252 e. The Balaban J connectivity index is 1.81. The SMILES string of the molecule is Cc1ccc(N2C(=O)CC(N(Cc3ccccc3Cl)S(=O)(=O)c3cc(Cl)ccc3Cl)C2=O)cc1. The van der Waals surface area contributed by atoms with Crippen LogP contribution in [0.15, 0.2) is 71.6 Å². The Morgan fingerprint density at radius 1 is 0.941 bits per heavy atom. The lowest BCUT2D eigenvalue weighted by molar-refractivity contribution is -0.122. The number of imide groups is 1. The number of sulfonamides is 1. The van der Waals surface area contributed by atoms with E-state index in [0.29, 0.717) is 16.3 Å². The molecule has 1 atom stereocenters. The first kappa shape index (κ1) is 24.7. The van der Waals surface area contributed by atoms with Crippen molar-refractivity contribution >= 4 is 62.3 Å². The highest BCUT2D eigenvalue weighted by Crippen LogP contribution is 2.34. The van der Waals surface area contributed by atoms with Gasteiger partial charge in [-0.25, -0.2) is 13.3 Å². The van der Waals surface area contributed by atoms with Gasteiger partial charge in [0.25, 0.3) is 5.91 Å². The summed E-state index contributed by atoms with van der Waals surface area (Å²) in [5, 5.41) is 0.434. The van der Waals surface area contributed by atoms with Gasteiger partial charge in [0.05, 0.1) is 17.1 Å². The zero-order chi connectivity index (χ0) is 24.6. The monoisotopic (exact) mass is 536 g/mol. The molecule has 1 fully saturated rings. The molecule has 1 unspecified atom stereocenters. The molecule has 0 spiro atoms. The molecule has 10 heteroatoms. The zero-order valence-corrected chi connectivity index (χ0v) is 21.0. The molecule has 176 valence electrons. The number of benzene rings is 3. The Hall–Kier alpha value is -2.42. The fourth-order valence-electron chi connectivity index (χ4n) is 3.76. The Labute approximate surface area is 212 Å². The van der Waals surface area contributed by atoms with Crippen molar-refractivity contribution in [2.45, 2.75) is 30.8 Å². The molecule has 0 bridgehead atoms. The number of anilines is 1. The molecule has 3 aromatic rings. The van der Waals surface area contributed by atoms with Crippen LogP contribution in [0.5, 0.6) is 0 Å². The summed E-state index contributed by atoms with van der Waals surface area (Å²) >= 11 is 18.6. The first-order chi connectivity index (χ1) is 16.1. The fourth-order valence-corrected chi connectivity index (χ4v) is 6.26. The van der Waals surface area contributed by atoms with E-state index in [4.69, 9.17) is 34.8 Å². The summed E-state index contributed by atoms with van der Waals surface area (Å²) in [5.41, 5.74) is 1.80. The molecule has 0 aliphatic carbocycles. The molecule has 0 N–H and O–H groups in total. The van der Waals surface area contributed by atoms with E-state index in [1.54, 1.807) is 48.5 Å². The van der Waals surface area contributed by atoms with Gasteiger partial charge in [-0.15, -0.1) is 0 Å². The standard InChI is InChI=1S/C24H19Cl3N2O4S/c1-15-6-9-18(10-7-15)29-23(30)13-21(24(29)31)28(14-16-4-2-3-5-19(16)26)34(32,33)22-12-17(25)8-11-20(22)27/h2-12,21H,13-14H2,1H3. The van der Waals surface area contributed by atoms with Crippen LogP contribution in [0.3, 0.4) is 0 Å². The minimum atomic E-state index is -4.36. The van der Waals surface area contributed by atoms with Crippen LogP contribution in [0.4, 0.5) is 5.69 Å². The number of hydrogen-bond acceptors (Lipinski definition) is 4. The summed E-state index contributed by atoms with van der Waals surface area (Å²) < 4.78 is 28.6. The summed E-state index contributed by atoms with van der Waals surface area (Å²) in [4.78, 5) is 27.1. The van der Waals surface area contributed by atoms with E-state index < -0.39 is 27.9 Å². The number of carbonyl (C=O) groups is 2. The summed E-state index contributed by atoms with van der Waals surface area (Å²) in [6, 6.07) is 16.3. The van der Waals surface area contributed by atoms with E-state index in [2.05, 4.69) is 0 Å². The van der Waals surface area contributed by atoms with Crippen LogP contribution in [0, 0.1) is 6.92 Å². The number of halogens is 3. The molecule has 0 radical (unpaired) electrons. The minimum Gasteiger partial charge on any atom is -0.274 e. The van der Waals surface area contributed by atoms with E-state index in [-0.39, 0.29) is 27.9 Å². The normalized spacial score (nSPS) is 16.5. The lowest BCUT2D eigenvalue weighted by atomic mass is 10.2. The Kier molecular flexibility index (Phi) is 7.03. The Bertz CT molecular complexity index is 1380. The first-order valence-electron chi connectivity index (χ1n) is 10.2. The van der Waals surface area contributed by atoms with Gasteiger partial charge >= 0.3 is 0 Å². The topological polar surface area (TPSA) is 74.8 Å². The van der Waals surface area contributed by atoms with Crippen molar-refractivity contribution in [1.82, 2.24) is 4.31 Å². The lowest BCUT2D eigenvalue weighted by Crippen LogP contribution is -2.45. The zero-order valence-electron chi connectivity index (χ0n) is 17.9. The Morgan fingerprint density at radius 2 is 1.62 bits per heavy atom. The number of aryl methyl sites for hydroxylation is 1. The van der Waals surface area contributed by atoms with Crippen LogP contribution in [0.25, 0.3) is 0 Å². The summed E-state index contributed by atoms with van der Waals surface area (Å²) in [6.45, 7) is 1.64. The molecular formula is C24H19Cl3N2O4S. The second-order valence-electron chi connectivity index (χ2n) is 7.84. The van der Waals surface area contributed by atoms with Crippen LogP contribution in [0.1, 0.15) is 17.5 Å². The predicted molar refractivity (Wildman–Crippen MR) is 133 cm³/mol. The van der Waals surface area contributed by atoms with Gasteiger partial charge in [0.2, 0.25) is 15.9 Å². The molecular weight excluding hydrogens is 519 g/mol. The maximum absolute atomic E-state index is 13.8. The molecule has 1 aliphatic heterocycles. The summed E-state index contributed by atoms with van der Waals surface area (Å²) in [7, 11) is -4.36. The van der Waals surface area contributed by atoms with Crippen LogP contribution in [0.2, 0.25) is 15.1 Å². The molecule has 0 aromatic heterocycles. The van der Waals surface area contributed by atoms with Gasteiger partial charge in [-0.2, -0.15) is 4.31 Å². The average Bonchev–Trinajstić information content (AvgIpc) is 3.08. The van der Waals surface area contributed by atoms with Crippen molar-refractivity contribution in [3.63, 3.8) is 0 Å². The van der Waals surface area contributed by atoms with Gasteiger partial charge in [0.1, 0.15) is 10.9 Å². The van der Waals surface area contributed by atoms with Gasteiger partial charge in [-0.1, -0.05) is 70.7 Å². The summed E-state index contributed by atoms with van der Waals surface area (Å²) in [5.74, 6) is -1.15. The average molecular weight is 538 g/mol. The third kappa shape index (κ3) is 4.72. The van der Waals surface area contributed by atoms with Crippen molar-refractivity contribution in [2.75, 3.05) is 4.90 Å². The lowest BCUT2D eigenvalue weighted by Gasteiger charge is -2.27. The highest BCUT2D eigenvalue weighted by Gasteiger charge is 2.47. The molecule has 1 heterocycles. The first-order valence-corrected chi connectivity index (χ1v) is 12.8. The quantitative estimate of drug-likeness (QED) is 0.390. The van der Waals surface area contributed by atoms with E-state index >= 15 is 0 Å². The van der Waals surface area contributed by atoms with Crippen LogP contribution in [-0.4, -0.2) is 30.6 Å². The minimum absolute atomic E-state index is 0.0549. The number of amides is 2. The molecule has 3 aromatic carbocycles. The van der Waals surface area contributed by atoms with Crippen molar-refractivity contribution < 1.29 is 18.0 Å². The molecule has 6 nitrogen and oxygen atoms in total. The summed E-state index contributed by atoms with van der Waals surface area (Å²) in [6.07, 6.45) is -0.325. The fraction of sp³-hybridized carbons (Fsp3) is 0.167. The van der Waals surface area contributed by atoms with Crippen LogP contribution >= 0.6 is 34.8 Å². The largest absolute Gasteiger partial charge is 0.274 e. The number of rotatable bonds is 6. The van der Waals surface area contributed by atoms with E-state index in [1.807, 2.05) is 6.92 Å². The second kappa shape index (κ2) is 9.68. The van der Waals surface area contributed by atoms with Gasteiger partial charge in [-0.05, 0) is 48.9 Å². The molecule has 0 saturated carbocycles. The molecule has 1 aliphatic rings. The van der Waals surface area contributed by atoms with E-state index in [0.717, 1.165) is 14.8 Å². The third-order valence-electron chi connectivity index (χ3n) is 5.53. The van der Waals surface area contributed by atoms with Gasteiger partial charge in [0, 0.05) is 16.6 Å². The predicted octanol–water partition coefficient (Wildman–Crippen LogP) is 5.48. The van der Waals surface area contributed by atoms with Gasteiger partial charge in [0.15, 0.2) is 0 Å². The Morgan fingerprint density at radius 3 is 2.29 bits per heavy atom. The maximum atomic E-state index is 13.8. The van der Waals surface area contributed by atoms with Crippen molar-refractivity contribution in [3.05, 3.63) is 92.9 Å². The third-order valence-corrected chi connectivity index (χ3v) is 8.47. The van der Waals surface area contributed by atoms with Crippen molar-refractivity contribution in [1.29, 1.82) is 0 Å². The van der Waals surface area contributed by atoms with E-state index in [9.17, 15) is 18.0 Å². The number of nitrogens with zero attached hydrogens (tertiary/aromatic N) is 2. The highest BCUT2D eigenvalue weighted by molar-refractivity contribution is 7.89. The van der Waals surface area contributed by atoms with Crippen molar-refractivity contribution in [2.24, 2.45) is 0 Å². The van der Waals surface area contributed by atoms with Gasteiger partial charge < -0.3 is 0 Å². The maximum Gasteiger partial charge on any atom is 0.252 e. The van der Waals surface area contributed by atoms with Gasteiger partial charge in [-0.3, -0.25) is 9.59 Å². The van der Waals surface area contributed by atoms with Crippen molar-refractivity contribution in [3.8, 4) is 0 Å². The number of carbonyl (C=O) groups excluding carboxylic acids is 2. The number of hydrogen-bond donors (Lipinski definition) is 0. The highest BCUT2D eigenvalue weighted by atomic mass is 35.5. The molecule has 4 rings (SSSR count). The molecule has 1 saturated heterocycles. The van der Waals surface area contributed by atoms with E-state index in [1.165, 1.54) is 18.2 Å². The molecule has 2 amide bonds. The second-order valence-corrected chi connectivity index (χ2v) is 10.9.